The zero-order chi connectivity index (χ0) is 12.3. The zero-order valence-electron chi connectivity index (χ0n) is 10.4. The molecule has 1 aliphatic rings. The van der Waals surface area contributed by atoms with Gasteiger partial charge in [0.25, 0.3) is 0 Å². The van der Waals surface area contributed by atoms with E-state index in [0.717, 1.165) is 0 Å². The predicted molar refractivity (Wildman–Crippen MR) is 59.9 cm³/mol. The highest BCUT2D eigenvalue weighted by Crippen LogP contribution is 2.23. The molecule has 1 heterocycles. The minimum Gasteiger partial charge on any atom is -0.461 e. The van der Waals surface area contributed by atoms with Crippen molar-refractivity contribution in [2.45, 2.75) is 38.3 Å². The number of ether oxygens (including phenoxy) is 1. The van der Waals surface area contributed by atoms with E-state index in [0.29, 0.717) is 19.4 Å². The number of hydrogen-bond donors (Lipinski definition) is 1. The molecule has 16 heavy (non-hydrogen) atoms. The molecule has 1 saturated heterocycles. The van der Waals surface area contributed by atoms with Gasteiger partial charge in [0, 0.05) is 13.0 Å². The van der Waals surface area contributed by atoms with Crippen LogP contribution in [0.25, 0.3) is 0 Å². The van der Waals surface area contributed by atoms with E-state index in [1.54, 1.807) is 13.8 Å². The number of hydrogen-bond acceptors (Lipinski definition) is 4. The smallest absolute Gasteiger partial charge is 0.333 e. The van der Waals surface area contributed by atoms with Crippen molar-refractivity contribution in [3.63, 3.8) is 0 Å². The summed E-state index contributed by atoms with van der Waals surface area (Å²) in [7, 11) is 3.74. The average molecular weight is 228 g/mol. The van der Waals surface area contributed by atoms with E-state index >= 15 is 0 Å². The molecule has 0 aromatic rings. The number of nitrogens with zero attached hydrogens (tertiary/aromatic N) is 1. The molecule has 1 N–H and O–H groups in total. The lowest BCUT2D eigenvalue weighted by atomic mass is 9.97. The van der Waals surface area contributed by atoms with Crippen LogP contribution in [0.15, 0.2) is 0 Å². The highest BCUT2D eigenvalue weighted by atomic mass is 16.5. The molecule has 0 radical (unpaired) electrons. The van der Waals surface area contributed by atoms with E-state index in [-0.39, 0.29) is 18.0 Å². The molecule has 92 valence electrons. The second kappa shape index (κ2) is 4.82. The monoisotopic (exact) mass is 228 g/mol. The molecule has 5 heteroatoms. The molecule has 0 bridgehead atoms. The number of carbonyl (C=O) groups excluding carboxylic acids is 2. The fourth-order valence-electron chi connectivity index (χ4n) is 1.92. The SMILES string of the molecule is CC(C)OC(=O)[C@]1(CN(C)C)CCC(=O)N1. The number of esters is 1. The Kier molecular flexibility index (Phi) is 3.91. The molecule has 0 spiro atoms. The molecule has 0 saturated carbocycles. The molecular weight excluding hydrogens is 208 g/mol. The second-order valence-electron chi connectivity index (χ2n) is 4.82. The van der Waals surface area contributed by atoms with Crippen LogP contribution in [0.1, 0.15) is 26.7 Å². The Morgan fingerprint density at radius 1 is 1.56 bits per heavy atom. The van der Waals surface area contributed by atoms with E-state index in [9.17, 15) is 9.59 Å². The van der Waals surface area contributed by atoms with E-state index in [2.05, 4.69) is 5.32 Å². The third-order valence-electron chi connectivity index (χ3n) is 2.48. The van der Waals surface area contributed by atoms with Crippen molar-refractivity contribution < 1.29 is 14.3 Å². The second-order valence-corrected chi connectivity index (χ2v) is 4.82. The van der Waals surface area contributed by atoms with Gasteiger partial charge in [-0.25, -0.2) is 4.79 Å². The van der Waals surface area contributed by atoms with Gasteiger partial charge in [-0.2, -0.15) is 0 Å². The summed E-state index contributed by atoms with van der Waals surface area (Å²) in [5.41, 5.74) is -0.856. The van der Waals surface area contributed by atoms with Gasteiger partial charge in [-0.15, -0.1) is 0 Å². The van der Waals surface area contributed by atoms with Gasteiger partial charge in [0.2, 0.25) is 5.91 Å². The van der Waals surface area contributed by atoms with Crippen molar-refractivity contribution in [2.75, 3.05) is 20.6 Å². The summed E-state index contributed by atoms with van der Waals surface area (Å²) in [5, 5.41) is 2.75. The van der Waals surface area contributed by atoms with E-state index in [1.807, 2.05) is 19.0 Å². The molecule has 1 aliphatic heterocycles. The standard InChI is InChI=1S/C11H20N2O3/c1-8(2)16-10(15)11(7-13(3)4)6-5-9(14)12-11/h8H,5-7H2,1-4H3,(H,12,14)/t11-/m1/s1. The maximum Gasteiger partial charge on any atom is 0.333 e. The first kappa shape index (κ1) is 13.0. The van der Waals surface area contributed by atoms with Crippen LogP contribution in [-0.4, -0.2) is 49.1 Å². The third-order valence-corrected chi connectivity index (χ3v) is 2.48. The average Bonchev–Trinajstić information content (AvgIpc) is 2.46. The fourth-order valence-corrected chi connectivity index (χ4v) is 1.92. The maximum absolute atomic E-state index is 12.0. The number of carbonyl (C=O) groups is 2. The van der Waals surface area contributed by atoms with E-state index < -0.39 is 5.54 Å². The fraction of sp³-hybridized carbons (Fsp3) is 0.818. The van der Waals surface area contributed by atoms with Gasteiger partial charge >= 0.3 is 5.97 Å². The van der Waals surface area contributed by atoms with Crippen LogP contribution in [0.2, 0.25) is 0 Å². The topological polar surface area (TPSA) is 58.6 Å². The van der Waals surface area contributed by atoms with Crippen LogP contribution < -0.4 is 5.32 Å². The van der Waals surface area contributed by atoms with Crippen molar-refractivity contribution in [3.05, 3.63) is 0 Å². The van der Waals surface area contributed by atoms with Crippen molar-refractivity contribution >= 4 is 11.9 Å². The summed E-state index contributed by atoms with van der Waals surface area (Å²) in [6.07, 6.45) is 0.736. The third kappa shape index (κ3) is 2.95. The molecule has 1 amide bonds. The van der Waals surface area contributed by atoms with Crippen LogP contribution in [0.4, 0.5) is 0 Å². The van der Waals surface area contributed by atoms with Crippen LogP contribution in [0, 0.1) is 0 Å². The zero-order valence-corrected chi connectivity index (χ0v) is 10.4. The first-order chi connectivity index (χ1) is 7.35. The highest BCUT2D eigenvalue weighted by Gasteiger charge is 2.46. The Labute approximate surface area is 96.1 Å². The van der Waals surface area contributed by atoms with Crippen molar-refractivity contribution in [1.29, 1.82) is 0 Å². The molecule has 1 fully saturated rings. The molecule has 0 aromatic carbocycles. The lowest BCUT2D eigenvalue weighted by Gasteiger charge is -2.30. The molecule has 1 rings (SSSR count). The van der Waals surface area contributed by atoms with Gasteiger partial charge in [-0.3, -0.25) is 4.79 Å². The van der Waals surface area contributed by atoms with E-state index in [4.69, 9.17) is 4.74 Å². The summed E-state index contributed by atoms with van der Waals surface area (Å²) in [6.45, 7) is 4.08. The Hall–Kier alpha value is -1.10. The minimum absolute atomic E-state index is 0.0810. The van der Waals surface area contributed by atoms with Crippen molar-refractivity contribution in [3.8, 4) is 0 Å². The first-order valence-electron chi connectivity index (χ1n) is 5.52. The van der Waals surface area contributed by atoms with Gasteiger partial charge in [0.1, 0.15) is 0 Å². The molecule has 1 atom stereocenters. The quantitative estimate of drug-likeness (QED) is 0.696. The minimum atomic E-state index is -0.856. The molecular formula is C11H20N2O3. The van der Waals surface area contributed by atoms with Crippen molar-refractivity contribution in [2.24, 2.45) is 0 Å². The number of nitrogens with one attached hydrogen (secondary N) is 1. The van der Waals surface area contributed by atoms with Gasteiger partial charge in [0.15, 0.2) is 5.54 Å². The summed E-state index contributed by atoms with van der Waals surface area (Å²) >= 11 is 0. The largest absolute Gasteiger partial charge is 0.461 e. The number of rotatable bonds is 4. The van der Waals surface area contributed by atoms with Crippen LogP contribution in [0.3, 0.4) is 0 Å². The number of amides is 1. The first-order valence-corrected chi connectivity index (χ1v) is 5.52. The molecule has 5 nitrogen and oxygen atoms in total. The van der Waals surface area contributed by atoms with E-state index in [1.165, 1.54) is 0 Å². The lowest BCUT2D eigenvalue weighted by molar-refractivity contribution is -0.156. The Morgan fingerprint density at radius 2 is 2.19 bits per heavy atom. The number of likely N-dealkylation sites (N-methyl/N-ethyl adjacent to an activating group) is 1. The van der Waals surface area contributed by atoms with Crippen LogP contribution in [-0.2, 0) is 14.3 Å². The molecule has 0 aliphatic carbocycles. The maximum atomic E-state index is 12.0. The molecule has 0 unspecified atom stereocenters. The predicted octanol–water partition coefficient (Wildman–Crippen LogP) is 0.148. The highest BCUT2D eigenvalue weighted by molar-refractivity contribution is 5.92. The summed E-state index contributed by atoms with van der Waals surface area (Å²) in [5.74, 6) is -0.412. The van der Waals surface area contributed by atoms with Gasteiger partial charge in [-0.1, -0.05) is 0 Å². The molecule has 0 aromatic heterocycles. The Bertz CT molecular complexity index is 289. The van der Waals surface area contributed by atoms with Gasteiger partial charge in [0.05, 0.1) is 6.10 Å². The summed E-state index contributed by atoms with van der Waals surface area (Å²) < 4.78 is 5.21. The summed E-state index contributed by atoms with van der Waals surface area (Å²) in [4.78, 5) is 25.2. The van der Waals surface area contributed by atoms with Gasteiger partial charge in [-0.05, 0) is 34.4 Å². The van der Waals surface area contributed by atoms with Crippen molar-refractivity contribution in [1.82, 2.24) is 10.2 Å². The van der Waals surface area contributed by atoms with Crippen LogP contribution >= 0.6 is 0 Å². The lowest BCUT2D eigenvalue weighted by Crippen LogP contribution is -2.56. The normalized spacial score (nSPS) is 25.0. The van der Waals surface area contributed by atoms with Gasteiger partial charge < -0.3 is 15.0 Å². The summed E-state index contributed by atoms with van der Waals surface area (Å²) in [6, 6.07) is 0. The Morgan fingerprint density at radius 3 is 2.56 bits per heavy atom. The Balaban J connectivity index is 2.79. The van der Waals surface area contributed by atoms with Crippen LogP contribution in [0.5, 0.6) is 0 Å².